The first-order valence-corrected chi connectivity index (χ1v) is 9.18. The lowest BCUT2D eigenvalue weighted by Gasteiger charge is -2.10. The number of esters is 1. The van der Waals surface area contributed by atoms with Gasteiger partial charge in [-0.25, -0.2) is 4.79 Å². The van der Waals surface area contributed by atoms with Gasteiger partial charge < -0.3 is 24.6 Å². The number of nitrogens with zero attached hydrogens (tertiary/aromatic N) is 2. The van der Waals surface area contributed by atoms with Crippen molar-refractivity contribution < 1.29 is 18.8 Å². The number of benzene rings is 2. The third kappa shape index (κ3) is 5.21. The number of ether oxygens (including phenoxy) is 2. The van der Waals surface area contributed by atoms with E-state index in [1.807, 2.05) is 24.3 Å². The van der Waals surface area contributed by atoms with E-state index in [9.17, 15) is 4.79 Å². The zero-order valence-electron chi connectivity index (χ0n) is 15.6. The summed E-state index contributed by atoms with van der Waals surface area (Å²) < 4.78 is 15.1. The van der Waals surface area contributed by atoms with Gasteiger partial charge in [0.15, 0.2) is 5.11 Å². The lowest BCUT2D eigenvalue weighted by Crippen LogP contribution is -2.28. The number of hydrogen-bond donors (Lipinski definition) is 2. The van der Waals surface area contributed by atoms with E-state index in [1.165, 1.54) is 7.11 Å². The van der Waals surface area contributed by atoms with E-state index in [1.54, 1.807) is 25.3 Å². The average Bonchev–Trinajstić information content (AvgIpc) is 3.22. The van der Waals surface area contributed by atoms with Gasteiger partial charge in [0.2, 0.25) is 11.7 Å². The summed E-state index contributed by atoms with van der Waals surface area (Å²) in [5.41, 5.74) is 1.59. The molecular formula is C19H17ClN4O4S. The largest absolute Gasteiger partial charge is 0.497 e. The molecule has 0 unspecified atom stereocenters. The molecule has 0 aliphatic rings. The smallest absolute Gasteiger partial charge is 0.339 e. The lowest BCUT2D eigenvalue weighted by molar-refractivity contribution is 0.0601. The molecule has 0 radical (unpaired) electrons. The number of methoxy groups -OCH3 is 2. The van der Waals surface area contributed by atoms with Crippen LogP contribution in [0.25, 0.3) is 11.4 Å². The molecule has 3 aromatic rings. The topological polar surface area (TPSA) is 98.5 Å². The number of hydrogen-bond acceptors (Lipinski definition) is 7. The number of thiocarbonyl (C=S) groups is 1. The highest BCUT2D eigenvalue weighted by molar-refractivity contribution is 7.80. The van der Waals surface area contributed by atoms with Crippen molar-refractivity contribution >= 4 is 40.6 Å². The van der Waals surface area contributed by atoms with Crippen LogP contribution in [0.15, 0.2) is 47.0 Å². The first-order valence-electron chi connectivity index (χ1n) is 8.40. The van der Waals surface area contributed by atoms with Crippen molar-refractivity contribution in [2.75, 3.05) is 19.5 Å². The molecule has 3 rings (SSSR count). The van der Waals surface area contributed by atoms with Gasteiger partial charge in [-0.2, -0.15) is 4.98 Å². The number of halogens is 1. The van der Waals surface area contributed by atoms with E-state index in [-0.39, 0.29) is 17.1 Å². The number of nitrogens with one attached hydrogen (secondary N) is 2. The van der Waals surface area contributed by atoms with Crippen molar-refractivity contribution in [3.63, 3.8) is 0 Å². The second-order valence-electron chi connectivity index (χ2n) is 5.74. The Morgan fingerprint density at radius 1 is 1.24 bits per heavy atom. The third-order valence-corrected chi connectivity index (χ3v) is 4.40. The molecular weight excluding hydrogens is 416 g/mol. The third-order valence-electron chi connectivity index (χ3n) is 3.83. The molecule has 2 aromatic carbocycles. The molecule has 0 bridgehead atoms. The van der Waals surface area contributed by atoms with Crippen LogP contribution in [0, 0.1) is 0 Å². The standard InChI is InChI=1S/C19H17ClN4O4S/c1-26-13-5-3-4-11(8-13)17-23-16(28-24-17)10-21-19(29)22-12-6-7-15(20)14(9-12)18(25)27-2/h3-9H,10H2,1-2H3,(H2,21,22,29). The molecule has 0 atom stereocenters. The molecule has 0 saturated heterocycles. The molecule has 29 heavy (non-hydrogen) atoms. The van der Waals surface area contributed by atoms with E-state index in [4.69, 9.17) is 37.8 Å². The first-order chi connectivity index (χ1) is 14.0. The predicted molar refractivity (Wildman–Crippen MR) is 112 cm³/mol. The van der Waals surface area contributed by atoms with Crippen molar-refractivity contribution in [2.24, 2.45) is 0 Å². The van der Waals surface area contributed by atoms with Crippen molar-refractivity contribution in [3.8, 4) is 17.1 Å². The molecule has 8 nitrogen and oxygen atoms in total. The Balaban J connectivity index is 1.60. The van der Waals surface area contributed by atoms with E-state index >= 15 is 0 Å². The van der Waals surface area contributed by atoms with Crippen molar-refractivity contribution in [2.45, 2.75) is 6.54 Å². The van der Waals surface area contributed by atoms with Gasteiger partial charge in [-0.15, -0.1) is 0 Å². The Labute approximate surface area is 177 Å². The summed E-state index contributed by atoms with van der Waals surface area (Å²) in [7, 11) is 2.88. The van der Waals surface area contributed by atoms with Crippen molar-refractivity contribution in [1.82, 2.24) is 15.5 Å². The number of anilines is 1. The fourth-order valence-corrected chi connectivity index (χ4v) is 2.79. The average molecular weight is 433 g/mol. The Kier molecular flexibility index (Phi) is 6.63. The lowest BCUT2D eigenvalue weighted by atomic mass is 10.2. The second-order valence-corrected chi connectivity index (χ2v) is 6.55. The Morgan fingerprint density at radius 2 is 2.07 bits per heavy atom. The zero-order valence-corrected chi connectivity index (χ0v) is 17.1. The molecule has 0 spiro atoms. The molecule has 1 heterocycles. The van der Waals surface area contributed by atoms with Crippen molar-refractivity contribution in [1.29, 1.82) is 0 Å². The number of carbonyl (C=O) groups is 1. The maximum Gasteiger partial charge on any atom is 0.339 e. The van der Waals surface area contributed by atoms with Crippen LogP contribution in [0.2, 0.25) is 5.02 Å². The summed E-state index contributed by atoms with van der Waals surface area (Å²) in [4.78, 5) is 16.1. The molecule has 10 heteroatoms. The molecule has 1 aromatic heterocycles. The Morgan fingerprint density at radius 3 is 2.83 bits per heavy atom. The molecule has 0 fully saturated rings. The van der Waals surface area contributed by atoms with Crippen LogP contribution in [0.3, 0.4) is 0 Å². The maximum absolute atomic E-state index is 11.7. The molecule has 0 saturated carbocycles. The highest BCUT2D eigenvalue weighted by Gasteiger charge is 2.13. The predicted octanol–water partition coefficient (Wildman–Crippen LogP) is 3.67. The summed E-state index contributed by atoms with van der Waals surface area (Å²) in [6, 6.07) is 12.2. The summed E-state index contributed by atoms with van der Waals surface area (Å²) in [5.74, 6) is 0.971. The van der Waals surface area contributed by atoms with E-state index < -0.39 is 5.97 Å². The van der Waals surface area contributed by atoms with Crippen LogP contribution in [-0.4, -0.2) is 35.4 Å². The van der Waals surface area contributed by atoms with Gasteiger partial charge in [0, 0.05) is 11.3 Å². The minimum atomic E-state index is -0.534. The number of rotatable bonds is 6. The maximum atomic E-state index is 11.7. The first kappa shape index (κ1) is 20.6. The monoisotopic (exact) mass is 432 g/mol. The van der Waals surface area contributed by atoms with Gasteiger partial charge in [0.25, 0.3) is 0 Å². The van der Waals surface area contributed by atoms with Crippen LogP contribution in [0.1, 0.15) is 16.2 Å². The second kappa shape index (κ2) is 9.35. The summed E-state index contributed by atoms with van der Waals surface area (Å²) >= 11 is 11.3. The minimum Gasteiger partial charge on any atom is -0.497 e. The summed E-state index contributed by atoms with van der Waals surface area (Å²) in [6.45, 7) is 0.222. The fourth-order valence-electron chi connectivity index (χ4n) is 2.41. The zero-order chi connectivity index (χ0) is 20.8. The normalized spacial score (nSPS) is 10.3. The number of carbonyl (C=O) groups excluding carboxylic acids is 1. The highest BCUT2D eigenvalue weighted by atomic mass is 35.5. The van der Waals surface area contributed by atoms with E-state index in [0.717, 1.165) is 5.56 Å². The molecule has 0 aliphatic heterocycles. The van der Waals surface area contributed by atoms with Crippen LogP contribution in [0.4, 0.5) is 5.69 Å². The van der Waals surface area contributed by atoms with Crippen molar-refractivity contribution in [3.05, 3.63) is 58.9 Å². The van der Waals surface area contributed by atoms with Gasteiger partial charge in [0.05, 0.1) is 31.4 Å². The quantitative estimate of drug-likeness (QED) is 0.446. The van der Waals surface area contributed by atoms with E-state index in [2.05, 4.69) is 20.8 Å². The minimum absolute atomic E-state index is 0.222. The SMILES string of the molecule is COC(=O)c1cc(NC(=S)NCc2nc(-c3cccc(OC)c3)no2)ccc1Cl. The van der Waals surface area contributed by atoms with Gasteiger partial charge in [-0.1, -0.05) is 28.9 Å². The molecule has 2 N–H and O–H groups in total. The van der Waals surface area contributed by atoms with Gasteiger partial charge >= 0.3 is 5.97 Å². The van der Waals surface area contributed by atoms with Gasteiger partial charge in [-0.05, 0) is 42.5 Å². The van der Waals surface area contributed by atoms with Crippen LogP contribution in [-0.2, 0) is 11.3 Å². The van der Waals surface area contributed by atoms with Gasteiger partial charge in [-0.3, -0.25) is 0 Å². The number of aromatic nitrogens is 2. The summed E-state index contributed by atoms with van der Waals surface area (Å²) in [6.07, 6.45) is 0. The summed E-state index contributed by atoms with van der Waals surface area (Å²) in [5, 5.41) is 10.5. The van der Waals surface area contributed by atoms with Crippen LogP contribution < -0.4 is 15.4 Å². The van der Waals surface area contributed by atoms with Crippen LogP contribution in [0.5, 0.6) is 5.75 Å². The highest BCUT2D eigenvalue weighted by Crippen LogP contribution is 2.22. The molecule has 150 valence electrons. The molecule has 0 aliphatic carbocycles. The Hall–Kier alpha value is -3.17. The van der Waals surface area contributed by atoms with Crippen LogP contribution >= 0.6 is 23.8 Å². The van der Waals surface area contributed by atoms with Gasteiger partial charge in [0.1, 0.15) is 5.75 Å². The van der Waals surface area contributed by atoms with E-state index in [0.29, 0.717) is 28.3 Å². The fraction of sp³-hybridized carbons (Fsp3) is 0.158. The Bertz CT molecular complexity index is 1040. The molecule has 0 amide bonds.